The highest BCUT2D eigenvalue weighted by Crippen LogP contribution is 2.54. The quantitative estimate of drug-likeness (QED) is 0.178. The molecule has 8 N–H and O–H groups in total. The van der Waals surface area contributed by atoms with E-state index in [9.17, 15) is 44.7 Å². The first-order chi connectivity index (χ1) is 19.6. The molecule has 1 aromatic rings. The first-order valence-corrected chi connectivity index (χ1v) is 13.5. The van der Waals surface area contributed by atoms with Crippen molar-refractivity contribution < 1.29 is 49.1 Å². The lowest BCUT2D eigenvalue weighted by atomic mass is 9.57. The summed E-state index contributed by atoms with van der Waals surface area (Å²) in [6, 6.07) is -2.33. The van der Waals surface area contributed by atoms with Gasteiger partial charge in [-0.25, -0.2) is 4.39 Å². The number of benzene rings is 1. The molecule has 1 saturated carbocycles. The summed E-state index contributed by atoms with van der Waals surface area (Å²) >= 11 is 0. The largest absolute Gasteiger partial charge is 0.508 e. The van der Waals surface area contributed by atoms with Gasteiger partial charge in [-0.05, 0) is 46.3 Å². The number of phenolic OH excluding ortho intramolecular Hbond substituents is 1. The first kappa shape index (κ1) is 29.6. The number of ketones is 2. The second-order valence-corrected chi connectivity index (χ2v) is 11.7. The fourth-order valence-corrected chi connectivity index (χ4v) is 7.11. The van der Waals surface area contributed by atoms with Crippen molar-refractivity contribution in [3.63, 3.8) is 0 Å². The fourth-order valence-electron chi connectivity index (χ4n) is 7.11. The molecule has 1 fully saturated rings. The van der Waals surface area contributed by atoms with Crippen molar-refractivity contribution in [3.05, 3.63) is 39.4 Å². The monoisotopic (exact) mass is 588 g/mol. The number of nitrogens with zero attached hydrogens (tertiary/aromatic N) is 2. The van der Waals surface area contributed by atoms with Crippen LogP contribution in [0.3, 0.4) is 0 Å². The summed E-state index contributed by atoms with van der Waals surface area (Å²) in [6.45, 7) is 1.49. The number of aliphatic hydroxyl groups is 4. The van der Waals surface area contributed by atoms with Crippen molar-refractivity contribution in [3.8, 4) is 5.75 Å². The Bertz CT molecular complexity index is 1520. The highest BCUT2D eigenvalue weighted by atomic mass is 19.1. The number of aliphatic hydroxyl groups excluding tert-OH is 3. The Labute approximate surface area is 239 Å². The van der Waals surface area contributed by atoms with Crippen molar-refractivity contribution >= 4 is 34.8 Å². The number of carbonyl (C=O) groups excluding carboxylic acids is 4. The topological polar surface area (TPSA) is 214 Å². The number of primary amides is 1. The Balaban J connectivity index is 1.71. The van der Waals surface area contributed by atoms with Crippen LogP contribution in [-0.4, -0.2) is 104 Å². The van der Waals surface area contributed by atoms with Crippen molar-refractivity contribution in [2.75, 3.05) is 26.5 Å². The lowest BCUT2D eigenvalue weighted by molar-refractivity contribution is -0.153. The van der Waals surface area contributed by atoms with Gasteiger partial charge in [-0.15, -0.1) is 0 Å². The number of carbonyl (C=O) groups is 4. The molecule has 1 heterocycles. The second kappa shape index (κ2) is 9.87. The zero-order valence-electron chi connectivity index (χ0n) is 23.4. The van der Waals surface area contributed by atoms with E-state index >= 15 is 4.39 Å². The SMILES string of the molecule is CCC(O)[C@H]1C(=O)Nc2c(O)c3c(c(F)c2CN1C)C[C@H]1C[C@H]2[C@H](N(C)C)C(=O)C(C(N)=O)=C(O)[C@@]2(O)C(=O)C1=C3O. The van der Waals surface area contributed by atoms with E-state index in [-0.39, 0.29) is 42.6 Å². The molecule has 5 rings (SSSR count). The average Bonchev–Trinajstić information content (AvgIpc) is 3.03. The molecule has 1 aliphatic heterocycles. The second-order valence-electron chi connectivity index (χ2n) is 11.7. The van der Waals surface area contributed by atoms with Gasteiger partial charge in [-0.2, -0.15) is 0 Å². The summed E-state index contributed by atoms with van der Waals surface area (Å²) < 4.78 is 16.2. The van der Waals surface area contributed by atoms with E-state index in [1.54, 1.807) is 6.92 Å². The summed E-state index contributed by atoms with van der Waals surface area (Å²) in [7, 11) is 4.48. The minimum absolute atomic E-state index is 0.0894. The number of nitrogens with two attached hydrogens (primary N) is 1. The Morgan fingerprint density at radius 1 is 1.21 bits per heavy atom. The summed E-state index contributed by atoms with van der Waals surface area (Å²) in [6.07, 6.45) is -1.30. The number of likely N-dealkylation sites (N-methyl/N-ethyl adjacent to an activating group) is 2. The van der Waals surface area contributed by atoms with Crippen LogP contribution in [0.4, 0.5) is 10.1 Å². The van der Waals surface area contributed by atoms with Gasteiger partial charge in [0.05, 0.1) is 23.4 Å². The molecule has 0 radical (unpaired) electrons. The van der Waals surface area contributed by atoms with Crippen LogP contribution < -0.4 is 11.1 Å². The minimum atomic E-state index is -2.83. The number of fused-ring (bicyclic) bond motifs is 4. The van der Waals surface area contributed by atoms with Gasteiger partial charge in [-0.3, -0.25) is 29.0 Å². The van der Waals surface area contributed by atoms with Gasteiger partial charge >= 0.3 is 0 Å². The Morgan fingerprint density at radius 3 is 2.43 bits per heavy atom. The number of aromatic hydroxyl groups is 1. The zero-order chi connectivity index (χ0) is 31.2. The van der Waals surface area contributed by atoms with E-state index in [2.05, 4.69) is 5.32 Å². The van der Waals surface area contributed by atoms with Crippen molar-refractivity contribution in [2.45, 2.75) is 56.5 Å². The van der Waals surface area contributed by atoms with Gasteiger partial charge < -0.3 is 36.6 Å². The molecule has 0 aromatic heterocycles. The Kier molecular flexibility index (Phi) is 6.96. The standard InChI is InChI=1S/C28H33FN4O9/c1-5-13(34)20-27(41)31-18-11(8-33(20)4)17(29)10-6-9-7-12-19(32(2)3)23(37)16(26(30)40)25(39)28(12,42)24(38)14(9)21(35)15(10)22(18)36/h9,12-13,19-20,34-36,39,42H,5-8H2,1-4H3,(H2,30,40)(H,31,41)/t9-,12-,13?,19-,20-,28-/m0/s1. The number of phenols is 1. The van der Waals surface area contributed by atoms with Gasteiger partial charge in [0, 0.05) is 29.2 Å². The predicted octanol–water partition coefficient (Wildman–Crippen LogP) is -0.373. The number of nitrogens with one attached hydrogen (secondary N) is 1. The number of hydrogen-bond donors (Lipinski definition) is 7. The smallest absolute Gasteiger partial charge is 0.255 e. The van der Waals surface area contributed by atoms with Crippen LogP contribution in [0, 0.1) is 17.7 Å². The van der Waals surface area contributed by atoms with Crippen molar-refractivity contribution in [2.24, 2.45) is 17.6 Å². The van der Waals surface area contributed by atoms with Crippen LogP contribution in [0.5, 0.6) is 5.75 Å². The lowest BCUT2D eigenvalue weighted by Crippen LogP contribution is -2.65. The Hall–Kier alpha value is -3.85. The molecule has 14 heteroatoms. The third kappa shape index (κ3) is 3.82. The molecule has 6 atom stereocenters. The number of halogens is 1. The molecule has 2 amide bonds. The van der Waals surface area contributed by atoms with Crippen LogP contribution in [0.1, 0.15) is 36.5 Å². The molecule has 0 spiro atoms. The maximum absolute atomic E-state index is 16.2. The molecular formula is C28H33FN4O9. The van der Waals surface area contributed by atoms with Crippen LogP contribution >= 0.6 is 0 Å². The maximum atomic E-state index is 16.2. The Morgan fingerprint density at radius 2 is 1.86 bits per heavy atom. The van der Waals surface area contributed by atoms with Crippen LogP contribution in [0.25, 0.3) is 5.76 Å². The van der Waals surface area contributed by atoms with E-state index in [1.807, 2.05) is 0 Å². The number of Topliss-reactive ketones (excluding diaryl/α,β-unsaturated/α-hetero) is 2. The van der Waals surface area contributed by atoms with Gasteiger partial charge in [0.25, 0.3) is 5.91 Å². The van der Waals surface area contributed by atoms with Gasteiger partial charge in [0.2, 0.25) is 11.7 Å². The third-order valence-electron chi connectivity index (χ3n) is 9.10. The van der Waals surface area contributed by atoms with Crippen LogP contribution in [-0.2, 0) is 32.1 Å². The number of amides is 2. The summed E-state index contributed by atoms with van der Waals surface area (Å²) in [5.74, 6) is -10.1. The molecule has 1 aromatic carbocycles. The highest BCUT2D eigenvalue weighted by molar-refractivity contribution is 6.24. The highest BCUT2D eigenvalue weighted by Gasteiger charge is 2.64. The molecule has 4 aliphatic rings. The van der Waals surface area contributed by atoms with E-state index < -0.39 is 98.8 Å². The molecule has 1 unspecified atom stereocenters. The average molecular weight is 589 g/mol. The molecule has 13 nitrogen and oxygen atoms in total. The van der Waals surface area contributed by atoms with Crippen LogP contribution in [0.2, 0.25) is 0 Å². The van der Waals surface area contributed by atoms with E-state index in [1.165, 1.54) is 30.9 Å². The van der Waals surface area contributed by atoms with E-state index in [4.69, 9.17) is 5.73 Å². The maximum Gasteiger partial charge on any atom is 0.255 e. The molecule has 42 heavy (non-hydrogen) atoms. The predicted molar refractivity (Wildman–Crippen MR) is 144 cm³/mol. The third-order valence-corrected chi connectivity index (χ3v) is 9.10. The van der Waals surface area contributed by atoms with E-state index in [0.717, 1.165) is 0 Å². The summed E-state index contributed by atoms with van der Waals surface area (Å²) in [4.78, 5) is 55.1. The van der Waals surface area contributed by atoms with Gasteiger partial charge in [-0.1, -0.05) is 6.92 Å². The van der Waals surface area contributed by atoms with Crippen molar-refractivity contribution in [1.82, 2.24) is 9.80 Å². The van der Waals surface area contributed by atoms with Gasteiger partial charge in [0.15, 0.2) is 17.1 Å². The fraction of sp³-hybridized carbons (Fsp3) is 0.500. The van der Waals surface area contributed by atoms with Crippen molar-refractivity contribution in [1.29, 1.82) is 0 Å². The number of rotatable bonds is 4. The molecule has 0 saturated heterocycles. The van der Waals surface area contributed by atoms with Crippen LogP contribution in [0.15, 0.2) is 16.9 Å². The summed E-state index contributed by atoms with van der Waals surface area (Å²) in [5.41, 5.74) is 0.0743. The lowest BCUT2D eigenvalue weighted by Gasteiger charge is -2.50. The van der Waals surface area contributed by atoms with Gasteiger partial charge in [0.1, 0.15) is 29.0 Å². The number of hydrogen-bond acceptors (Lipinski definition) is 11. The number of anilines is 1. The molecule has 3 aliphatic carbocycles. The minimum Gasteiger partial charge on any atom is -0.508 e. The molecular weight excluding hydrogens is 555 g/mol. The normalized spacial score (nSPS) is 30.3. The molecule has 0 bridgehead atoms. The first-order valence-electron chi connectivity index (χ1n) is 13.5. The zero-order valence-corrected chi connectivity index (χ0v) is 23.4. The molecule has 226 valence electrons. The summed E-state index contributed by atoms with van der Waals surface area (Å²) in [5, 5.41) is 58.1. The van der Waals surface area contributed by atoms with E-state index in [0.29, 0.717) is 0 Å².